The third-order valence-electron chi connectivity index (χ3n) is 4.71. The largest absolute Gasteiger partial charge is 0.436 e. The highest BCUT2D eigenvalue weighted by Crippen LogP contribution is 2.74. The Labute approximate surface area is 150 Å². The molecule has 24 heavy (non-hydrogen) atoms. The first-order valence-corrected chi connectivity index (χ1v) is 11.9. The molecule has 2 fully saturated rings. The highest BCUT2D eigenvalue weighted by molar-refractivity contribution is 8.68. The molecule has 3 rings (SSSR count). The standard InChI is InChI=1S/C16H20NO4PS2/c1-11(2)12-8-9-16(3)15(10-12)24-22(23,21-16)20-14-6-4-13(5-7-14)17(18)19/h4-7,12,15H,1,8-10H2,2-3H3/t12-,15+,16+,22-/m0/s1. The van der Waals surface area contributed by atoms with Gasteiger partial charge in [-0.15, -0.1) is 0 Å². The monoisotopic (exact) mass is 385 g/mol. The zero-order valence-electron chi connectivity index (χ0n) is 13.6. The van der Waals surface area contributed by atoms with Crippen molar-refractivity contribution in [1.29, 1.82) is 0 Å². The van der Waals surface area contributed by atoms with Gasteiger partial charge >= 0.3 is 0 Å². The summed E-state index contributed by atoms with van der Waals surface area (Å²) in [5.41, 5.74) is -1.52. The van der Waals surface area contributed by atoms with Gasteiger partial charge in [-0.25, -0.2) is 0 Å². The molecule has 2 aliphatic rings. The lowest BCUT2D eigenvalue weighted by molar-refractivity contribution is -0.384. The van der Waals surface area contributed by atoms with Gasteiger partial charge in [-0.05, 0) is 63.0 Å². The molecule has 1 heterocycles. The Bertz CT molecular complexity index is 723. The van der Waals surface area contributed by atoms with E-state index in [9.17, 15) is 10.1 Å². The first-order valence-electron chi connectivity index (χ1n) is 7.79. The molecule has 8 heteroatoms. The quantitative estimate of drug-likeness (QED) is 0.297. The Hall–Kier alpha value is -0.880. The Morgan fingerprint density at radius 2 is 2.21 bits per heavy atom. The van der Waals surface area contributed by atoms with Crippen molar-refractivity contribution in [1.82, 2.24) is 0 Å². The van der Waals surface area contributed by atoms with E-state index in [4.69, 9.17) is 20.9 Å². The fourth-order valence-electron chi connectivity index (χ4n) is 3.18. The van der Waals surface area contributed by atoms with Crippen molar-refractivity contribution in [3.8, 4) is 5.75 Å². The maximum atomic E-state index is 10.7. The summed E-state index contributed by atoms with van der Waals surface area (Å²) < 4.78 is 12.2. The van der Waals surface area contributed by atoms with Gasteiger partial charge in [0, 0.05) is 17.4 Å². The number of hydrogen-bond acceptors (Lipinski definition) is 6. The highest BCUT2D eigenvalue weighted by atomic mass is 32.9. The molecule has 0 N–H and O–H groups in total. The van der Waals surface area contributed by atoms with Crippen LogP contribution in [-0.4, -0.2) is 15.8 Å². The van der Waals surface area contributed by atoms with E-state index in [0.717, 1.165) is 19.3 Å². The van der Waals surface area contributed by atoms with Crippen molar-refractivity contribution in [2.75, 3.05) is 0 Å². The lowest BCUT2D eigenvalue weighted by atomic mass is 9.77. The number of fused-ring (bicyclic) bond motifs is 1. The number of nitrogens with zero attached hydrogens (tertiary/aromatic N) is 1. The van der Waals surface area contributed by atoms with Crippen molar-refractivity contribution in [3.63, 3.8) is 0 Å². The van der Waals surface area contributed by atoms with Crippen molar-refractivity contribution < 1.29 is 14.0 Å². The second-order valence-electron chi connectivity index (χ2n) is 6.61. The van der Waals surface area contributed by atoms with Crippen LogP contribution in [0.25, 0.3) is 0 Å². The lowest BCUT2D eigenvalue weighted by Gasteiger charge is -2.37. The molecule has 130 valence electrons. The van der Waals surface area contributed by atoms with E-state index < -0.39 is 10.6 Å². The Morgan fingerprint density at radius 3 is 2.79 bits per heavy atom. The van der Waals surface area contributed by atoms with E-state index in [0.29, 0.717) is 16.9 Å². The SMILES string of the molecule is C=C(C)[C@H]1CC[C@@]2(C)O[P@](=S)(Oc3ccc([N+](=O)[O-])cc3)S[C@@H]2C1. The van der Waals surface area contributed by atoms with Crippen molar-refractivity contribution in [3.05, 3.63) is 46.5 Å². The number of rotatable bonds is 4. The lowest BCUT2D eigenvalue weighted by Crippen LogP contribution is -2.40. The molecule has 0 unspecified atom stereocenters. The molecule has 1 aromatic rings. The maximum absolute atomic E-state index is 10.7. The fraction of sp³-hybridized carbons (Fsp3) is 0.500. The molecule has 0 amide bonds. The van der Waals surface area contributed by atoms with Crippen LogP contribution < -0.4 is 4.52 Å². The van der Waals surface area contributed by atoms with Gasteiger partial charge in [0.15, 0.2) is 0 Å². The minimum Gasteiger partial charge on any atom is -0.436 e. The zero-order valence-corrected chi connectivity index (χ0v) is 16.2. The number of non-ortho nitro benzene ring substituents is 1. The topological polar surface area (TPSA) is 61.6 Å². The number of nitro benzene ring substituents is 1. The summed E-state index contributed by atoms with van der Waals surface area (Å²) in [4.78, 5) is 10.3. The first-order chi connectivity index (χ1) is 11.2. The maximum Gasteiger partial charge on any atom is 0.298 e. The fourth-order valence-corrected chi connectivity index (χ4v) is 10.1. The van der Waals surface area contributed by atoms with Crippen LogP contribution in [-0.2, 0) is 16.3 Å². The second-order valence-corrected chi connectivity index (χ2v) is 12.9. The van der Waals surface area contributed by atoms with Gasteiger partial charge in [0.2, 0.25) is 0 Å². The average molecular weight is 385 g/mol. The summed E-state index contributed by atoms with van der Waals surface area (Å²) in [5.74, 6) is 1.04. The molecule has 5 nitrogen and oxygen atoms in total. The summed E-state index contributed by atoms with van der Waals surface area (Å²) in [6.45, 7) is 8.29. The van der Waals surface area contributed by atoms with Crippen LogP contribution in [0.15, 0.2) is 36.4 Å². The normalized spacial score (nSPS) is 35.2. The molecule has 0 bridgehead atoms. The van der Waals surface area contributed by atoms with E-state index >= 15 is 0 Å². The smallest absolute Gasteiger partial charge is 0.298 e. The Morgan fingerprint density at radius 1 is 1.54 bits per heavy atom. The molecule has 1 saturated heterocycles. The van der Waals surface area contributed by atoms with Crippen LogP contribution in [0.3, 0.4) is 0 Å². The number of allylic oxidation sites excluding steroid dienone is 1. The van der Waals surface area contributed by atoms with Gasteiger partial charge in [-0.2, -0.15) is 0 Å². The zero-order chi connectivity index (χ0) is 17.5. The minimum absolute atomic E-state index is 0.0315. The van der Waals surface area contributed by atoms with E-state index in [2.05, 4.69) is 20.4 Å². The van der Waals surface area contributed by atoms with E-state index in [1.807, 2.05) is 0 Å². The van der Waals surface area contributed by atoms with Gasteiger partial charge in [0.1, 0.15) is 5.75 Å². The third kappa shape index (κ3) is 3.54. The minimum atomic E-state index is -2.51. The summed E-state index contributed by atoms with van der Waals surface area (Å²) in [5, 5.41) is 11.0. The van der Waals surface area contributed by atoms with Gasteiger partial charge in [-0.3, -0.25) is 10.1 Å². The van der Waals surface area contributed by atoms with Gasteiger partial charge in [0.25, 0.3) is 11.4 Å². The Balaban J connectivity index is 1.74. The summed E-state index contributed by atoms with van der Waals surface area (Å²) in [7, 11) is 0. The van der Waals surface area contributed by atoms with E-state index in [-0.39, 0.29) is 11.3 Å². The molecule has 1 aliphatic heterocycles. The van der Waals surface area contributed by atoms with Crippen molar-refractivity contribution in [2.24, 2.45) is 5.92 Å². The van der Waals surface area contributed by atoms with Crippen LogP contribution in [0.5, 0.6) is 5.75 Å². The average Bonchev–Trinajstić information content (AvgIpc) is 2.76. The highest BCUT2D eigenvalue weighted by Gasteiger charge is 2.53. The predicted octanol–water partition coefficient (Wildman–Crippen LogP) is 5.47. The molecule has 1 aliphatic carbocycles. The number of nitro groups is 1. The van der Waals surface area contributed by atoms with Gasteiger partial charge in [0.05, 0.1) is 10.5 Å². The van der Waals surface area contributed by atoms with E-state index in [1.54, 1.807) is 23.5 Å². The molecule has 4 atom stereocenters. The predicted molar refractivity (Wildman–Crippen MR) is 101 cm³/mol. The molecule has 0 spiro atoms. The molecule has 0 radical (unpaired) electrons. The van der Waals surface area contributed by atoms with Gasteiger partial charge in [-0.1, -0.05) is 23.5 Å². The third-order valence-corrected chi connectivity index (χ3v) is 10.2. The van der Waals surface area contributed by atoms with Crippen molar-refractivity contribution in [2.45, 2.75) is 44.0 Å². The molecule has 1 aromatic carbocycles. The van der Waals surface area contributed by atoms with Crippen LogP contribution in [0, 0.1) is 16.0 Å². The summed E-state index contributed by atoms with van der Waals surface area (Å²) >= 11 is 7.33. The van der Waals surface area contributed by atoms with E-state index in [1.165, 1.54) is 17.7 Å². The van der Waals surface area contributed by atoms with Crippen LogP contribution in [0.2, 0.25) is 0 Å². The first kappa shape index (κ1) is 17.9. The molecule has 1 saturated carbocycles. The second kappa shape index (κ2) is 6.45. The van der Waals surface area contributed by atoms with Gasteiger partial charge < -0.3 is 9.05 Å². The van der Waals surface area contributed by atoms with Crippen LogP contribution in [0.1, 0.15) is 33.1 Å². The molecule has 0 aromatic heterocycles. The van der Waals surface area contributed by atoms with Crippen LogP contribution >= 0.6 is 17.1 Å². The summed E-state index contributed by atoms with van der Waals surface area (Å²) in [6.07, 6.45) is 3.03. The van der Waals surface area contributed by atoms with Crippen LogP contribution in [0.4, 0.5) is 5.69 Å². The summed E-state index contributed by atoms with van der Waals surface area (Å²) in [6, 6.07) is 6.00. The van der Waals surface area contributed by atoms with Crippen molar-refractivity contribution >= 4 is 34.6 Å². The Kier molecular flexibility index (Phi) is 4.82. The number of benzene rings is 1. The number of hydrogen-bond donors (Lipinski definition) is 0. The molecular weight excluding hydrogens is 365 g/mol. The molecular formula is C16H20NO4PS2.